The topological polar surface area (TPSA) is 101 Å². The Morgan fingerprint density at radius 1 is 1.29 bits per heavy atom. The molecule has 0 atom stereocenters. The number of hydrogen-bond acceptors (Lipinski definition) is 4. The summed E-state index contributed by atoms with van der Waals surface area (Å²) in [6.07, 6.45) is 0. The molecule has 0 heterocycles. The summed E-state index contributed by atoms with van der Waals surface area (Å²) in [5.74, 6) is 0. The van der Waals surface area contributed by atoms with Gasteiger partial charge in [-0.25, -0.2) is 0 Å². The Morgan fingerprint density at radius 3 is 1.29 bits per heavy atom. The minimum atomic E-state index is -1.75. The van der Waals surface area contributed by atoms with Crippen LogP contribution in [0.15, 0.2) is 0 Å². The van der Waals surface area contributed by atoms with Crippen LogP contribution in [0.1, 0.15) is 0 Å². The molecule has 0 bridgehead atoms. The van der Waals surface area contributed by atoms with E-state index in [1.54, 1.807) is 0 Å². The van der Waals surface area contributed by atoms with Gasteiger partial charge in [0.05, 0.1) is 5.09 Å². The van der Waals surface area contributed by atoms with Gasteiger partial charge in [0, 0.05) is 6.15 Å². The second-order valence-corrected chi connectivity index (χ2v) is 0.224. The first-order chi connectivity index (χ1) is 1.73. The molecule has 0 spiro atoms. The monoisotopic (exact) mass is 90.0 g/mol. The van der Waals surface area contributed by atoms with Gasteiger partial charge in [0.25, 0.3) is 0 Å². The van der Waals surface area contributed by atoms with Crippen molar-refractivity contribution >= 4 is 0 Å². The van der Waals surface area contributed by atoms with Crippen molar-refractivity contribution in [3.63, 3.8) is 0 Å². The molecular weight excluding hydrogens is 87.0 g/mol. The molecule has 3 N–H and O–H groups in total. The van der Waals surface area contributed by atoms with Crippen molar-refractivity contribution in [3.05, 3.63) is 15.3 Å². The van der Waals surface area contributed by atoms with Gasteiger partial charge in [-0.05, 0) is 0 Å². The Morgan fingerprint density at radius 2 is 1.29 bits per heavy atom. The first-order valence-corrected chi connectivity index (χ1v) is 0.548. The predicted molar refractivity (Wildman–Crippen MR) is 15.4 cm³/mol. The average Bonchev–Trinajstić information content (AvgIpc) is 0.811. The Balaban J connectivity index is -0.0000000150. The van der Waals surface area contributed by atoms with Gasteiger partial charge in [-0.15, -0.1) is 0 Å². The predicted octanol–water partition coefficient (Wildman–Crippen LogP) is -3.07. The van der Waals surface area contributed by atoms with Gasteiger partial charge in [-0.2, -0.15) is 0 Å². The summed E-state index contributed by atoms with van der Waals surface area (Å²) in [4.78, 5) is 8.25. The molecule has 0 fully saturated rings. The quantitative estimate of drug-likeness (QED) is 0.193. The summed E-state index contributed by atoms with van der Waals surface area (Å²) >= 11 is 0. The zero-order valence-corrected chi connectivity index (χ0v) is 4.09. The molecule has 0 saturated carbocycles. The second-order valence-electron chi connectivity index (χ2n) is 0.224. The zero-order chi connectivity index (χ0) is 3.58. The number of hydrogen-bond donors (Lipinski definition) is 1. The molecule has 0 amide bonds. The maximum absolute atomic E-state index is 8.25. The normalized spacial score (nSPS) is 3.43. The van der Waals surface area contributed by atoms with E-state index >= 15 is 0 Å². The van der Waals surface area contributed by atoms with Crippen LogP contribution in [0.2, 0.25) is 0 Å². The molecule has 0 aliphatic rings. The van der Waals surface area contributed by atoms with Gasteiger partial charge < -0.3 is 21.5 Å². The summed E-state index contributed by atoms with van der Waals surface area (Å²) in [5, 5.41) is 14.8. The number of rotatable bonds is 0. The van der Waals surface area contributed by atoms with Gasteiger partial charge in [-0.1, -0.05) is 0 Å². The van der Waals surface area contributed by atoms with E-state index in [0.717, 1.165) is 0 Å². The van der Waals surface area contributed by atoms with Crippen LogP contribution in [-0.4, -0.2) is 5.09 Å². The maximum atomic E-state index is 8.25. The van der Waals surface area contributed by atoms with Crippen molar-refractivity contribution in [1.82, 2.24) is 6.15 Å². The summed E-state index contributed by atoms with van der Waals surface area (Å²) in [5.41, 5.74) is 0. The summed E-state index contributed by atoms with van der Waals surface area (Å²) in [6.45, 7) is 0. The fraction of sp³-hybridized carbons (Fsp3) is 0. The number of nitrogens with zero attached hydrogens (tertiary/aromatic N) is 1. The van der Waals surface area contributed by atoms with Gasteiger partial charge in [-0.3, -0.25) is 0 Å². The van der Waals surface area contributed by atoms with E-state index in [9.17, 15) is 0 Å². The van der Waals surface area contributed by atoms with E-state index in [-0.39, 0.29) is 31.2 Å². The largest absolute Gasteiger partial charge is 1.00 e. The fourth-order valence-electron chi connectivity index (χ4n) is 0. The van der Waals surface area contributed by atoms with Gasteiger partial charge in [0.15, 0.2) is 0 Å². The van der Waals surface area contributed by atoms with Crippen LogP contribution in [0.5, 0.6) is 0 Å². The molecule has 7 heavy (non-hydrogen) atoms. The van der Waals surface area contributed by atoms with Crippen molar-refractivity contribution in [2.24, 2.45) is 0 Å². The Hall–Kier alpha value is -0.334. The minimum absolute atomic E-state index is 0. The third kappa shape index (κ3) is 685. The van der Waals surface area contributed by atoms with Crippen molar-refractivity contribution in [2.45, 2.75) is 0 Å². The van der Waals surface area contributed by atoms with E-state index in [1.165, 1.54) is 0 Å². The molecule has 0 aromatic carbocycles. The van der Waals surface area contributed by atoms with E-state index in [0.29, 0.717) is 0 Å². The molecule has 0 aliphatic carbocycles. The van der Waals surface area contributed by atoms with Crippen LogP contribution < -0.4 is 25.0 Å². The van der Waals surface area contributed by atoms with E-state index in [2.05, 4.69) is 0 Å². The second kappa shape index (κ2) is 17.4. The summed E-state index contributed by atoms with van der Waals surface area (Å²) in [6, 6.07) is 0. The van der Waals surface area contributed by atoms with Gasteiger partial charge >= 0.3 is 18.9 Å². The molecule has 7 heteroatoms. The Labute approximate surface area is 52.3 Å². The van der Waals surface area contributed by atoms with Crippen LogP contribution in [-0.2, 0) is 0 Å². The molecule has 0 aromatic heterocycles. The van der Waals surface area contributed by atoms with Crippen LogP contribution in [0.3, 0.4) is 0 Å². The molecule has 5 nitrogen and oxygen atoms in total. The van der Waals surface area contributed by atoms with E-state index in [1.807, 2.05) is 0 Å². The molecule has 0 unspecified atom stereocenters. The molecular formula is H3HeLiN2O3. The Kier molecular flexibility index (Phi) is 74.6. The van der Waals surface area contributed by atoms with Gasteiger partial charge in [0.2, 0.25) is 0 Å². The third-order valence-electron chi connectivity index (χ3n) is 0. The van der Waals surface area contributed by atoms with Crippen LogP contribution in [0.25, 0.3) is 0 Å². The molecule has 0 radical (unpaired) electrons. The van der Waals surface area contributed by atoms with E-state index < -0.39 is 5.09 Å². The molecule has 0 aromatic rings. The molecule has 0 rings (SSSR count). The van der Waals surface area contributed by atoms with Gasteiger partial charge in [0.1, 0.15) is 0 Å². The fourth-order valence-corrected chi connectivity index (χ4v) is 0. The van der Waals surface area contributed by atoms with Crippen molar-refractivity contribution in [2.75, 3.05) is 0 Å². The standard InChI is InChI=1S/He.Li.NO3.H3N/c;;2-1(3)4;/h;;;1H3/q;+1;-1;. The third-order valence-corrected chi connectivity index (χ3v) is 0. The SMILES string of the molecule is N.O=[N+]([O-])[O-].[He].[Li+]. The van der Waals surface area contributed by atoms with Crippen LogP contribution >= 0.6 is 0 Å². The molecule has 0 aliphatic heterocycles. The van der Waals surface area contributed by atoms with Crippen LogP contribution in [0.4, 0.5) is 0 Å². The average molecular weight is 90.0 g/mol. The summed E-state index contributed by atoms with van der Waals surface area (Å²) in [7, 11) is 0. The minimum Gasteiger partial charge on any atom is -0.356 e. The zero-order valence-electron chi connectivity index (χ0n) is 4.09. The Bertz CT molecular complexity index is 35.9. The maximum Gasteiger partial charge on any atom is 1.00 e. The van der Waals surface area contributed by atoms with E-state index in [4.69, 9.17) is 15.3 Å². The van der Waals surface area contributed by atoms with Crippen LogP contribution in [0, 0.1) is 21.5 Å². The smallest absolute Gasteiger partial charge is 0.356 e. The first kappa shape index (κ1) is 30.1. The van der Waals surface area contributed by atoms with Crippen molar-refractivity contribution in [3.8, 4) is 0 Å². The molecule has 34 valence electrons. The summed E-state index contributed by atoms with van der Waals surface area (Å²) < 4.78 is 0. The van der Waals surface area contributed by atoms with Crippen molar-refractivity contribution in [1.29, 1.82) is 0 Å². The first-order valence-electron chi connectivity index (χ1n) is 0.548. The van der Waals surface area contributed by atoms with Crippen molar-refractivity contribution < 1.29 is 30.1 Å². The molecule has 0 saturated heterocycles.